The van der Waals surface area contributed by atoms with E-state index in [9.17, 15) is 0 Å². The molecule has 0 aliphatic carbocycles. The van der Waals surface area contributed by atoms with Gasteiger partial charge in [0.25, 0.3) is 0 Å². The van der Waals surface area contributed by atoms with Crippen LogP contribution in [0.15, 0.2) is 24.3 Å². The van der Waals surface area contributed by atoms with Gasteiger partial charge in [-0.1, -0.05) is 16.8 Å². The maximum Gasteiger partial charge on any atom is 0.188 e. The number of ether oxygens (including phenoxy) is 2. The summed E-state index contributed by atoms with van der Waals surface area (Å²) in [5, 5.41) is 17.4. The van der Waals surface area contributed by atoms with E-state index >= 15 is 0 Å². The Labute approximate surface area is 127 Å². The van der Waals surface area contributed by atoms with Crippen LogP contribution in [-0.2, 0) is 17.9 Å². The van der Waals surface area contributed by atoms with Gasteiger partial charge in [0, 0.05) is 25.1 Å². The van der Waals surface area contributed by atoms with Crippen LogP contribution >= 0.6 is 11.6 Å². The third kappa shape index (κ3) is 4.18. The Morgan fingerprint density at radius 1 is 1.33 bits per heavy atom. The fourth-order valence-electron chi connectivity index (χ4n) is 1.81. The summed E-state index contributed by atoms with van der Waals surface area (Å²) in [4.78, 5) is 0. The molecule has 0 atom stereocenters. The van der Waals surface area contributed by atoms with Crippen LogP contribution in [0, 0.1) is 11.3 Å². The Bertz CT molecular complexity index is 619. The Morgan fingerprint density at radius 2 is 2.10 bits per heavy atom. The molecular weight excluding hydrogens is 292 g/mol. The highest BCUT2D eigenvalue weighted by Crippen LogP contribution is 2.15. The van der Waals surface area contributed by atoms with Gasteiger partial charge in [0.15, 0.2) is 5.69 Å². The normalized spacial score (nSPS) is 10.3. The van der Waals surface area contributed by atoms with Crippen molar-refractivity contribution in [3.8, 4) is 11.8 Å². The van der Waals surface area contributed by atoms with Crippen LogP contribution in [0.25, 0.3) is 0 Å². The summed E-state index contributed by atoms with van der Waals surface area (Å²) >= 11 is 5.80. The first-order valence-corrected chi connectivity index (χ1v) is 6.82. The van der Waals surface area contributed by atoms with Crippen LogP contribution in [0.2, 0.25) is 5.02 Å². The Kier molecular flexibility index (Phi) is 5.55. The van der Waals surface area contributed by atoms with Crippen molar-refractivity contribution in [3.05, 3.63) is 40.7 Å². The molecule has 6 nitrogen and oxygen atoms in total. The monoisotopic (exact) mass is 306 g/mol. The van der Waals surface area contributed by atoms with Crippen molar-refractivity contribution in [1.29, 1.82) is 5.26 Å². The number of methoxy groups -OCH3 is 1. The molecule has 1 aromatic heterocycles. The van der Waals surface area contributed by atoms with Gasteiger partial charge in [-0.15, -0.1) is 5.10 Å². The highest BCUT2D eigenvalue weighted by atomic mass is 35.5. The summed E-state index contributed by atoms with van der Waals surface area (Å²) in [6, 6.07) is 9.21. The predicted molar refractivity (Wildman–Crippen MR) is 77.0 cm³/mol. The van der Waals surface area contributed by atoms with E-state index in [1.54, 1.807) is 23.9 Å². The van der Waals surface area contributed by atoms with E-state index in [0.717, 1.165) is 12.2 Å². The van der Waals surface area contributed by atoms with Gasteiger partial charge in [-0.2, -0.15) is 5.26 Å². The zero-order valence-electron chi connectivity index (χ0n) is 11.6. The van der Waals surface area contributed by atoms with E-state index in [4.69, 9.17) is 26.3 Å². The molecule has 7 heteroatoms. The molecular formula is C14H15ClN4O2. The lowest BCUT2D eigenvalue weighted by Crippen LogP contribution is -2.10. The number of hydrogen-bond donors (Lipinski definition) is 0. The van der Waals surface area contributed by atoms with Crippen molar-refractivity contribution in [1.82, 2.24) is 15.0 Å². The minimum atomic E-state index is 0.301. The number of nitriles is 1. The van der Waals surface area contributed by atoms with E-state index in [1.807, 2.05) is 18.2 Å². The Balaban J connectivity index is 1.85. The van der Waals surface area contributed by atoms with Crippen molar-refractivity contribution in [2.45, 2.75) is 19.6 Å². The molecule has 2 aromatic rings. The van der Waals surface area contributed by atoms with E-state index in [1.165, 1.54) is 0 Å². The second kappa shape index (κ2) is 7.62. The van der Waals surface area contributed by atoms with Crippen LogP contribution < -0.4 is 4.74 Å². The SMILES string of the molecule is COCc1c(C#N)nnn1CCCOc1ccc(Cl)cc1. The highest BCUT2D eigenvalue weighted by Gasteiger charge is 2.11. The number of aromatic nitrogens is 3. The van der Waals surface area contributed by atoms with E-state index in [-0.39, 0.29) is 0 Å². The van der Waals surface area contributed by atoms with Gasteiger partial charge >= 0.3 is 0 Å². The van der Waals surface area contributed by atoms with Crippen LogP contribution in [-0.4, -0.2) is 28.7 Å². The lowest BCUT2D eigenvalue weighted by molar-refractivity contribution is 0.175. The van der Waals surface area contributed by atoms with Gasteiger partial charge in [0.05, 0.1) is 13.2 Å². The van der Waals surface area contributed by atoms with Crippen LogP contribution in [0.1, 0.15) is 17.8 Å². The van der Waals surface area contributed by atoms with Crippen molar-refractivity contribution >= 4 is 11.6 Å². The third-order valence-corrected chi connectivity index (χ3v) is 3.07. The molecule has 2 rings (SSSR count). The second-order valence-corrected chi connectivity index (χ2v) is 4.75. The number of nitrogens with zero attached hydrogens (tertiary/aromatic N) is 4. The Morgan fingerprint density at radius 3 is 2.76 bits per heavy atom. The van der Waals surface area contributed by atoms with Gasteiger partial charge in [-0.05, 0) is 24.3 Å². The van der Waals surface area contributed by atoms with Gasteiger partial charge in [0.2, 0.25) is 0 Å². The molecule has 0 saturated heterocycles. The average Bonchev–Trinajstić information content (AvgIpc) is 2.88. The minimum Gasteiger partial charge on any atom is -0.494 e. The summed E-state index contributed by atoms with van der Waals surface area (Å²) < 4.78 is 12.3. The van der Waals surface area contributed by atoms with E-state index in [2.05, 4.69) is 10.3 Å². The number of benzene rings is 1. The fourth-order valence-corrected chi connectivity index (χ4v) is 1.94. The lowest BCUT2D eigenvalue weighted by Gasteiger charge is -2.08. The molecule has 0 fully saturated rings. The van der Waals surface area contributed by atoms with E-state index in [0.29, 0.717) is 36.2 Å². The molecule has 0 saturated carbocycles. The zero-order chi connectivity index (χ0) is 15.1. The highest BCUT2D eigenvalue weighted by molar-refractivity contribution is 6.30. The summed E-state index contributed by atoms with van der Waals surface area (Å²) in [5.41, 5.74) is 0.988. The summed E-state index contributed by atoms with van der Waals surface area (Å²) in [6.07, 6.45) is 0.744. The molecule has 0 spiro atoms. The van der Waals surface area contributed by atoms with Gasteiger partial charge in [-0.3, -0.25) is 0 Å². The van der Waals surface area contributed by atoms with Crippen molar-refractivity contribution < 1.29 is 9.47 Å². The molecule has 0 bridgehead atoms. The lowest BCUT2D eigenvalue weighted by atomic mass is 10.3. The van der Waals surface area contributed by atoms with Crippen LogP contribution in [0.5, 0.6) is 5.75 Å². The van der Waals surface area contributed by atoms with Crippen LogP contribution in [0.3, 0.4) is 0 Å². The number of halogens is 1. The molecule has 21 heavy (non-hydrogen) atoms. The molecule has 1 aromatic carbocycles. The first kappa shape index (κ1) is 15.3. The van der Waals surface area contributed by atoms with Crippen molar-refractivity contribution in [2.24, 2.45) is 0 Å². The molecule has 0 aliphatic rings. The smallest absolute Gasteiger partial charge is 0.188 e. The number of aryl methyl sites for hydroxylation is 1. The topological polar surface area (TPSA) is 73.0 Å². The molecule has 0 radical (unpaired) electrons. The van der Waals surface area contributed by atoms with Crippen molar-refractivity contribution in [3.63, 3.8) is 0 Å². The van der Waals surface area contributed by atoms with Gasteiger partial charge in [0.1, 0.15) is 17.5 Å². The number of hydrogen-bond acceptors (Lipinski definition) is 5. The standard InChI is InChI=1S/C14H15ClN4O2/c1-20-10-14-13(9-16)17-18-19(14)7-2-8-21-12-5-3-11(15)4-6-12/h3-6H,2,7-8,10H2,1H3. The molecule has 0 aliphatic heterocycles. The fraction of sp³-hybridized carbons (Fsp3) is 0.357. The second-order valence-electron chi connectivity index (χ2n) is 4.31. The first-order chi connectivity index (χ1) is 10.2. The van der Waals surface area contributed by atoms with E-state index < -0.39 is 0 Å². The molecule has 0 amide bonds. The zero-order valence-corrected chi connectivity index (χ0v) is 12.4. The maximum absolute atomic E-state index is 8.94. The predicted octanol–water partition coefficient (Wildman–Crippen LogP) is 2.42. The van der Waals surface area contributed by atoms with Crippen molar-refractivity contribution in [2.75, 3.05) is 13.7 Å². The third-order valence-electron chi connectivity index (χ3n) is 2.82. The quantitative estimate of drug-likeness (QED) is 0.734. The molecule has 0 N–H and O–H groups in total. The largest absolute Gasteiger partial charge is 0.494 e. The average molecular weight is 307 g/mol. The minimum absolute atomic E-state index is 0.301. The number of rotatable bonds is 7. The molecule has 110 valence electrons. The molecule has 0 unspecified atom stereocenters. The van der Waals surface area contributed by atoms with Gasteiger partial charge in [-0.25, -0.2) is 4.68 Å². The summed E-state index contributed by atoms with van der Waals surface area (Å²) in [5.74, 6) is 0.771. The van der Waals surface area contributed by atoms with Crippen LogP contribution in [0.4, 0.5) is 0 Å². The summed E-state index contributed by atoms with van der Waals surface area (Å²) in [6.45, 7) is 1.46. The first-order valence-electron chi connectivity index (χ1n) is 6.44. The maximum atomic E-state index is 8.94. The Hall–Kier alpha value is -2.10. The van der Waals surface area contributed by atoms with Gasteiger partial charge < -0.3 is 9.47 Å². The summed E-state index contributed by atoms with van der Waals surface area (Å²) in [7, 11) is 1.57. The molecule has 1 heterocycles.